The summed E-state index contributed by atoms with van der Waals surface area (Å²) in [5.74, 6) is 0. The minimum absolute atomic E-state index is 0.126. The van der Waals surface area contributed by atoms with Crippen LogP contribution in [0.1, 0.15) is 5.56 Å². The molecule has 8 heteroatoms. The van der Waals surface area contributed by atoms with Gasteiger partial charge < -0.3 is 0 Å². The minimum atomic E-state index is -3.84. The fourth-order valence-electron chi connectivity index (χ4n) is 1.11. The van der Waals surface area contributed by atoms with Crippen LogP contribution in [0.25, 0.3) is 6.08 Å². The zero-order valence-electron chi connectivity index (χ0n) is 10.2. The molecule has 1 rings (SSSR count). The van der Waals surface area contributed by atoms with Gasteiger partial charge in [0.25, 0.3) is 0 Å². The summed E-state index contributed by atoms with van der Waals surface area (Å²) >= 11 is 5.72. The van der Waals surface area contributed by atoms with Crippen LogP contribution in [0.3, 0.4) is 0 Å². The molecular weight excluding hydrogens is 302 g/mol. The maximum atomic E-state index is 10.8. The number of rotatable bonds is 4. The molecule has 0 saturated heterocycles. The van der Waals surface area contributed by atoms with Crippen molar-refractivity contribution in [2.45, 2.75) is 0 Å². The molecule has 0 aliphatic rings. The van der Waals surface area contributed by atoms with E-state index in [9.17, 15) is 8.42 Å². The summed E-state index contributed by atoms with van der Waals surface area (Å²) in [6.45, 7) is 0. The summed E-state index contributed by atoms with van der Waals surface area (Å²) in [5.41, 5.74) is 0.0413. The van der Waals surface area contributed by atoms with Gasteiger partial charge in [-0.05, 0) is 23.8 Å². The van der Waals surface area contributed by atoms with Crippen molar-refractivity contribution in [1.82, 2.24) is 0 Å². The van der Waals surface area contributed by atoms with Gasteiger partial charge in [0.2, 0.25) is 0 Å². The first-order valence-electron chi connectivity index (χ1n) is 5.10. The van der Waals surface area contributed by atoms with E-state index < -0.39 is 15.8 Å². The number of nitriles is 2. The predicted molar refractivity (Wildman–Crippen MR) is 74.0 cm³/mol. The molecule has 0 aromatic heterocycles. The smallest absolute Gasteiger partial charge is 0.267 e. The van der Waals surface area contributed by atoms with Gasteiger partial charge in [0.1, 0.15) is 12.1 Å². The van der Waals surface area contributed by atoms with Crippen molar-refractivity contribution in [3.8, 4) is 12.1 Å². The molecule has 0 amide bonds. The standard InChI is InChI=1S/C12H8ClN3O3S/c1-20(17,18)19-16-12(8-15)10(7-14)6-9-2-4-11(13)5-3-9/h2-6H,1H3/b10-6-,16-12+. The maximum absolute atomic E-state index is 10.8. The highest BCUT2D eigenvalue weighted by Crippen LogP contribution is 2.13. The van der Waals surface area contributed by atoms with Crippen LogP contribution >= 0.6 is 11.6 Å². The van der Waals surface area contributed by atoms with Crippen molar-refractivity contribution in [3.05, 3.63) is 40.4 Å². The van der Waals surface area contributed by atoms with Gasteiger partial charge in [-0.15, -0.1) is 0 Å². The van der Waals surface area contributed by atoms with Crippen LogP contribution in [-0.2, 0) is 14.4 Å². The molecule has 0 bridgehead atoms. The molecule has 0 fully saturated rings. The maximum Gasteiger partial charge on any atom is 0.325 e. The van der Waals surface area contributed by atoms with E-state index in [0.29, 0.717) is 10.6 Å². The van der Waals surface area contributed by atoms with Crippen molar-refractivity contribution < 1.29 is 12.7 Å². The van der Waals surface area contributed by atoms with Gasteiger partial charge in [-0.25, -0.2) is 0 Å². The van der Waals surface area contributed by atoms with Crippen LogP contribution in [0, 0.1) is 22.7 Å². The Morgan fingerprint density at radius 3 is 2.35 bits per heavy atom. The third-order valence-corrected chi connectivity index (χ3v) is 2.52. The van der Waals surface area contributed by atoms with Crippen LogP contribution in [-0.4, -0.2) is 20.4 Å². The second-order valence-electron chi connectivity index (χ2n) is 3.55. The fourth-order valence-corrected chi connectivity index (χ4v) is 1.45. The van der Waals surface area contributed by atoms with Crippen LogP contribution < -0.4 is 0 Å². The molecule has 0 aliphatic heterocycles. The van der Waals surface area contributed by atoms with E-state index in [-0.39, 0.29) is 5.57 Å². The van der Waals surface area contributed by atoms with Gasteiger partial charge in [-0.2, -0.15) is 18.9 Å². The van der Waals surface area contributed by atoms with E-state index in [2.05, 4.69) is 9.44 Å². The van der Waals surface area contributed by atoms with Gasteiger partial charge in [0.15, 0.2) is 5.71 Å². The Balaban J connectivity index is 3.14. The van der Waals surface area contributed by atoms with Crippen LogP contribution in [0.5, 0.6) is 0 Å². The van der Waals surface area contributed by atoms with Crippen molar-refractivity contribution in [1.29, 1.82) is 10.5 Å². The topological polar surface area (TPSA) is 103 Å². The lowest BCUT2D eigenvalue weighted by atomic mass is 10.1. The summed E-state index contributed by atoms with van der Waals surface area (Å²) < 4.78 is 25.8. The molecular formula is C12H8ClN3O3S. The van der Waals surface area contributed by atoms with E-state index in [1.54, 1.807) is 36.4 Å². The molecule has 0 spiro atoms. The highest BCUT2D eigenvalue weighted by molar-refractivity contribution is 7.85. The molecule has 0 unspecified atom stereocenters. The zero-order valence-corrected chi connectivity index (χ0v) is 11.8. The van der Waals surface area contributed by atoms with E-state index in [4.69, 9.17) is 22.1 Å². The molecule has 102 valence electrons. The molecule has 0 heterocycles. The van der Waals surface area contributed by atoms with E-state index >= 15 is 0 Å². The van der Waals surface area contributed by atoms with Crippen LogP contribution in [0.2, 0.25) is 5.02 Å². The average molecular weight is 310 g/mol. The Labute approximate surface area is 121 Å². The average Bonchev–Trinajstić information content (AvgIpc) is 2.39. The summed E-state index contributed by atoms with van der Waals surface area (Å²) in [5, 5.41) is 21.5. The third-order valence-electron chi connectivity index (χ3n) is 1.93. The Bertz CT molecular complexity index is 738. The molecule has 1 aromatic carbocycles. The van der Waals surface area contributed by atoms with Gasteiger partial charge in [0.05, 0.1) is 11.8 Å². The van der Waals surface area contributed by atoms with Crippen molar-refractivity contribution in [3.63, 3.8) is 0 Å². The Kier molecular flexibility index (Phi) is 5.27. The fraction of sp³-hybridized carbons (Fsp3) is 0.0833. The number of halogens is 1. The Hall–Kier alpha value is -2.35. The second-order valence-corrected chi connectivity index (χ2v) is 5.55. The molecule has 1 aromatic rings. The highest BCUT2D eigenvalue weighted by Gasteiger charge is 2.09. The quantitative estimate of drug-likeness (QED) is 0.481. The molecule has 0 saturated carbocycles. The summed E-state index contributed by atoms with van der Waals surface area (Å²) in [4.78, 5) is 0. The molecule has 0 aliphatic carbocycles. The van der Waals surface area contributed by atoms with Crippen molar-refractivity contribution in [2.24, 2.45) is 5.16 Å². The first kappa shape index (κ1) is 15.7. The minimum Gasteiger partial charge on any atom is -0.267 e. The lowest BCUT2D eigenvalue weighted by Crippen LogP contribution is -2.03. The number of allylic oxidation sites excluding steroid dienone is 1. The SMILES string of the molecule is CS(=O)(=O)O/N=C(C#N)/C(C#N)=C\c1ccc(Cl)cc1. The predicted octanol–water partition coefficient (Wildman–Crippen LogP) is 2.10. The molecule has 0 N–H and O–H groups in total. The lowest BCUT2D eigenvalue weighted by Gasteiger charge is -1.98. The third kappa shape index (κ3) is 5.11. The number of hydrogen-bond donors (Lipinski definition) is 0. The molecule has 0 radical (unpaired) electrons. The van der Waals surface area contributed by atoms with Gasteiger partial charge >= 0.3 is 10.1 Å². The van der Waals surface area contributed by atoms with Crippen LogP contribution in [0.4, 0.5) is 0 Å². The first-order chi connectivity index (χ1) is 9.35. The highest BCUT2D eigenvalue weighted by atomic mass is 35.5. The Morgan fingerprint density at radius 2 is 1.90 bits per heavy atom. The van der Waals surface area contributed by atoms with E-state index in [1.165, 1.54) is 6.08 Å². The van der Waals surface area contributed by atoms with E-state index in [1.807, 2.05) is 0 Å². The number of oxime groups is 1. The number of benzene rings is 1. The largest absolute Gasteiger partial charge is 0.325 e. The van der Waals surface area contributed by atoms with Crippen molar-refractivity contribution in [2.75, 3.05) is 6.26 Å². The van der Waals surface area contributed by atoms with Gasteiger partial charge in [0, 0.05) is 5.02 Å². The number of nitrogens with zero attached hydrogens (tertiary/aromatic N) is 3. The summed E-state index contributed by atoms with van der Waals surface area (Å²) in [6.07, 6.45) is 2.14. The second kappa shape index (κ2) is 6.71. The Morgan fingerprint density at radius 1 is 1.30 bits per heavy atom. The molecule has 0 atom stereocenters. The van der Waals surface area contributed by atoms with Gasteiger partial charge in [-0.1, -0.05) is 28.9 Å². The lowest BCUT2D eigenvalue weighted by molar-refractivity contribution is 0.344. The van der Waals surface area contributed by atoms with Crippen molar-refractivity contribution >= 4 is 33.5 Å². The van der Waals surface area contributed by atoms with Crippen LogP contribution in [0.15, 0.2) is 35.0 Å². The summed E-state index contributed by atoms with van der Waals surface area (Å²) in [7, 11) is -3.84. The molecule has 6 nitrogen and oxygen atoms in total. The molecule has 20 heavy (non-hydrogen) atoms. The monoisotopic (exact) mass is 309 g/mol. The normalized spacial score (nSPS) is 12.4. The van der Waals surface area contributed by atoms with E-state index in [0.717, 1.165) is 6.26 Å². The number of hydrogen-bond acceptors (Lipinski definition) is 6. The first-order valence-corrected chi connectivity index (χ1v) is 7.29. The van der Waals surface area contributed by atoms with Gasteiger partial charge in [-0.3, -0.25) is 4.28 Å². The summed E-state index contributed by atoms with van der Waals surface area (Å²) in [6, 6.07) is 9.83. The zero-order chi connectivity index (χ0) is 15.2.